The molecule has 1 N–H and O–H groups in total. The predicted octanol–water partition coefficient (Wildman–Crippen LogP) is 1.89. The lowest BCUT2D eigenvalue weighted by molar-refractivity contribution is -0.141. The maximum Gasteiger partial charge on any atom is 0.325 e. The van der Waals surface area contributed by atoms with Crippen LogP contribution in [0, 0.1) is 0 Å². The van der Waals surface area contributed by atoms with Gasteiger partial charge in [-0.2, -0.15) is 0 Å². The molecule has 10 nitrogen and oxygen atoms in total. The normalized spacial score (nSPS) is 15.9. The number of hydrogen-bond donors (Lipinski definition) is 1. The van der Waals surface area contributed by atoms with Crippen LogP contribution in [0.2, 0.25) is 0 Å². The van der Waals surface area contributed by atoms with Crippen molar-refractivity contribution < 1.29 is 33.4 Å². The Labute approximate surface area is 196 Å². The second kappa shape index (κ2) is 9.42. The van der Waals surface area contributed by atoms with Gasteiger partial charge in [0.15, 0.2) is 11.5 Å². The van der Waals surface area contributed by atoms with Gasteiger partial charge in [-0.15, -0.1) is 0 Å². The number of benzene rings is 2. The van der Waals surface area contributed by atoms with Crippen molar-refractivity contribution in [2.75, 3.05) is 39.3 Å². The summed E-state index contributed by atoms with van der Waals surface area (Å²) in [5, 5.41) is 2.48. The zero-order chi connectivity index (χ0) is 24.4. The topological polar surface area (TPSA) is 114 Å². The van der Waals surface area contributed by atoms with Crippen LogP contribution in [-0.2, 0) is 14.3 Å². The van der Waals surface area contributed by atoms with Crippen LogP contribution in [-0.4, -0.2) is 63.0 Å². The highest BCUT2D eigenvalue weighted by Gasteiger charge is 2.49. The summed E-state index contributed by atoms with van der Waals surface area (Å²) in [6.45, 7) is 0.00625. The smallest absolute Gasteiger partial charge is 0.325 e. The molecule has 2 aliphatic rings. The summed E-state index contributed by atoms with van der Waals surface area (Å²) in [5.74, 6) is -0.674. The first-order chi connectivity index (χ1) is 16.4. The molecule has 1 unspecified atom stereocenters. The number of nitrogens with zero attached hydrogens (tertiary/aromatic N) is 2. The first-order valence-electron chi connectivity index (χ1n) is 10.7. The number of methoxy groups -OCH3 is 3. The lowest BCUT2D eigenvalue weighted by Crippen LogP contribution is -2.48. The molecule has 2 aromatic carbocycles. The minimum absolute atomic E-state index is 0.0991. The number of ether oxygens (including phenoxy) is 3. The van der Waals surface area contributed by atoms with Gasteiger partial charge in [-0.1, -0.05) is 18.2 Å². The van der Waals surface area contributed by atoms with Crippen molar-refractivity contribution in [2.24, 2.45) is 0 Å². The maximum atomic E-state index is 13.6. The third-order valence-corrected chi connectivity index (χ3v) is 5.94. The molecule has 34 heavy (non-hydrogen) atoms. The van der Waals surface area contributed by atoms with E-state index in [0.717, 1.165) is 0 Å². The molecular weight excluding hydrogens is 442 g/mol. The van der Waals surface area contributed by atoms with Gasteiger partial charge in [0, 0.05) is 18.5 Å². The Kier molecular flexibility index (Phi) is 6.40. The summed E-state index contributed by atoms with van der Waals surface area (Å²) in [4.78, 5) is 53.5. The van der Waals surface area contributed by atoms with Crippen LogP contribution in [0.5, 0.6) is 11.5 Å². The van der Waals surface area contributed by atoms with Crippen molar-refractivity contribution in [3.8, 4) is 11.5 Å². The highest BCUT2D eigenvalue weighted by Crippen LogP contribution is 2.49. The molecule has 3 amide bonds. The summed E-state index contributed by atoms with van der Waals surface area (Å²) in [6.07, 6.45) is -0.243. The zero-order valence-corrected chi connectivity index (χ0v) is 19.1. The summed E-state index contributed by atoms with van der Waals surface area (Å²) >= 11 is 0. The van der Waals surface area contributed by atoms with Crippen molar-refractivity contribution in [2.45, 2.75) is 19.0 Å². The van der Waals surface area contributed by atoms with E-state index in [-0.39, 0.29) is 37.2 Å². The molecule has 4 rings (SSSR count). The third-order valence-electron chi connectivity index (χ3n) is 5.94. The largest absolute Gasteiger partial charge is 0.493 e. The standard InChI is InChI=1S/C24H25N3O7/c1-32-17-11-10-15-20(21(17)34-3)24(31)27-16-8-5-4-7-14(16)23(30)26(22(15)27)12-6-9-18(28)25-13-19(29)33-2/h4-5,7-8,10-11,22H,6,9,12-13H2,1-3H3,(H,25,28). The Bertz CT molecular complexity index is 1160. The first-order valence-corrected chi connectivity index (χ1v) is 10.7. The lowest BCUT2D eigenvalue weighted by Gasteiger charge is -2.41. The van der Waals surface area contributed by atoms with E-state index in [0.29, 0.717) is 40.3 Å². The van der Waals surface area contributed by atoms with Crippen molar-refractivity contribution in [3.63, 3.8) is 0 Å². The minimum Gasteiger partial charge on any atom is -0.493 e. The van der Waals surface area contributed by atoms with E-state index >= 15 is 0 Å². The molecule has 0 saturated carbocycles. The van der Waals surface area contributed by atoms with Gasteiger partial charge in [-0.05, 0) is 24.6 Å². The molecule has 178 valence electrons. The highest BCUT2D eigenvalue weighted by molar-refractivity contribution is 6.18. The quantitative estimate of drug-likeness (QED) is 0.590. The van der Waals surface area contributed by atoms with Crippen molar-refractivity contribution in [1.82, 2.24) is 10.2 Å². The summed E-state index contributed by atoms with van der Waals surface area (Å²) in [7, 11) is 4.20. The Morgan fingerprint density at radius 1 is 1.00 bits per heavy atom. The van der Waals surface area contributed by atoms with Gasteiger partial charge in [-0.25, -0.2) is 0 Å². The van der Waals surface area contributed by atoms with Crippen LogP contribution in [0.3, 0.4) is 0 Å². The fourth-order valence-corrected chi connectivity index (χ4v) is 4.39. The molecule has 0 aliphatic carbocycles. The molecule has 0 fully saturated rings. The van der Waals surface area contributed by atoms with Gasteiger partial charge < -0.3 is 24.4 Å². The molecule has 10 heteroatoms. The van der Waals surface area contributed by atoms with Gasteiger partial charge in [0.2, 0.25) is 5.91 Å². The number of amides is 3. The second-order valence-electron chi connectivity index (χ2n) is 7.79. The Morgan fingerprint density at radius 3 is 2.47 bits per heavy atom. The number of carbonyl (C=O) groups is 4. The van der Waals surface area contributed by atoms with Gasteiger partial charge in [0.1, 0.15) is 12.7 Å². The van der Waals surface area contributed by atoms with E-state index in [1.165, 1.54) is 21.3 Å². The molecule has 0 saturated heterocycles. The Morgan fingerprint density at radius 2 is 1.76 bits per heavy atom. The van der Waals surface area contributed by atoms with Crippen LogP contribution in [0.1, 0.15) is 45.3 Å². The second-order valence-corrected chi connectivity index (χ2v) is 7.79. The van der Waals surface area contributed by atoms with Crippen LogP contribution in [0.4, 0.5) is 5.69 Å². The number of para-hydroxylation sites is 1. The molecule has 0 bridgehead atoms. The molecule has 1 atom stereocenters. The Hall–Kier alpha value is -4.08. The van der Waals surface area contributed by atoms with E-state index in [9.17, 15) is 19.2 Å². The molecule has 2 aliphatic heterocycles. The number of anilines is 1. The van der Waals surface area contributed by atoms with Crippen molar-refractivity contribution >= 4 is 29.4 Å². The maximum absolute atomic E-state index is 13.6. The van der Waals surface area contributed by atoms with E-state index in [1.807, 2.05) is 0 Å². The number of carbonyl (C=O) groups excluding carboxylic acids is 4. The summed E-state index contributed by atoms with van der Waals surface area (Å²) in [5.41, 5.74) is 1.89. The molecule has 0 aromatic heterocycles. The van der Waals surface area contributed by atoms with Crippen LogP contribution >= 0.6 is 0 Å². The third kappa shape index (κ3) is 3.81. The fourth-order valence-electron chi connectivity index (χ4n) is 4.39. The van der Waals surface area contributed by atoms with Crippen molar-refractivity contribution in [3.05, 3.63) is 53.1 Å². The fraction of sp³-hybridized carbons (Fsp3) is 0.333. The number of esters is 1. The van der Waals surface area contributed by atoms with Crippen LogP contribution in [0.15, 0.2) is 36.4 Å². The molecular formula is C24H25N3O7. The van der Waals surface area contributed by atoms with Crippen LogP contribution < -0.4 is 19.7 Å². The number of fused-ring (bicyclic) bond motifs is 5. The number of nitrogens with one attached hydrogen (secondary N) is 1. The molecule has 2 aromatic rings. The zero-order valence-electron chi connectivity index (χ0n) is 19.1. The van der Waals surface area contributed by atoms with E-state index in [2.05, 4.69) is 10.1 Å². The van der Waals surface area contributed by atoms with Gasteiger partial charge >= 0.3 is 5.97 Å². The van der Waals surface area contributed by atoms with Crippen molar-refractivity contribution in [1.29, 1.82) is 0 Å². The Balaban J connectivity index is 1.65. The minimum atomic E-state index is -0.678. The number of hydrogen-bond acceptors (Lipinski definition) is 7. The molecule has 2 heterocycles. The SMILES string of the molecule is COC(=O)CNC(=O)CCCN1C(=O)c2ccccc2N2C(=O)c3c(ccc(OC)c3OC)C12. The van der Waals surface area contributed by atoms with E-state index in [1.54, 1.807) is 46.2 Å². The monoisotopic (exact) mass is 467 g/mol. The molecule has 0 radical (unpaired) electrons. The van der Waals surface area contributed by atoms with Gasteiger partial charge in [-0.3, -0.25) is 24.1 Å². The predicted molar refractivity (Wildman–Crippen MR) is 121 cm³/mol. The van der Waals surface area contributed by atoms with Gasteiger partial charge in [0.25, 0.3) is 11.8 Å². The van der Waals surface area contributed by atoms with Gasteiger partial charge in [0.05, 0.1) is 38.1 Å². The lowest BCUT2D eigenvalue weighted by atomic mass is 10.0. The van der Waals surface area contributed by atoms with E-state index in [4.69, 9.17) is 9.47 Å². The van der Waals surface area contributed by atoms with Crippen LogP contribution in [0.25, 0.3) is 0 Å². The average Bonchev–Trinajstić information content (AvgIpc) is 3.16. The summed E-state index contributed by atoms with van der Waals surface area (Å²) < 4.78 is 15.4. The first kappa shape index (κ1) is 23.1. The number of rotatable bonds is 8. The average molecular weight is 467 g/mol. The highest BCUT2D eigenvalue weighted by atomic mass is 16.5. The molecule has 0 spiro atoms. The van der Waals surface area contributed by atoms with E-state index < -0.39 is 12.1 Å². The summed E-state index contributed by atoms with van der Waals surface area (Å²) in [6, 6.07) is 10.4.